The van der Waals surface area contributed by atoms with Crippen molar-refractivity contribution < 1.29 is 13.7 Å². The molecule has 3 atom stereocenters. The monoisotopic (exact) mass is 760 g/mol. The molecule has 0 saturated carbocycles. The number of aromatic nitrogens is 3. The largest absolute Gasteiger partial charge is 0.299 e. The maximum atomic E-state index is 3.47. The van der Waals surface area contributed by atoms with Crippen LogP contribution in [-0.4, -0.2) is 55.5 Å². The Kier molecular flexibility index (Phi) is 14.6. The second-order valence-corrected chi connectivity index (χ2v) is 16.6. The zero-order valence-electron chi connectivity index (χ0n) is 34.8. The van der Waals surface area contributed by atoms with Crippen molar-refractivity contribution in [3.63, 3.8) is 0 Å². The van der Waals surface area contributed by atoms with Gasteiger partial charge in [0.25, 0.3) is 0 Å². The molecule has 3 aliphatic rings. The van der Waals surface area contributed by atoms with Crippen molar-refractivity contribution in [2.75, 3.05) is 40.8 Å². The fourth-order valence-electron chi connectivity index (χ4n) is 9.02. The van der Waals surface area contributed by atoms with Crippen molar-refractivity contribution in [3.05, 3.63) is 125 Å². The maximum Gasteiger partial charge on any atom is 0.173 e. The minimum Gasteiger partial charge on any atom is -0.299 e. The van der Waals surface area contributed by atoms with Crippen LogP contribution in [0.4, 0.5) is 0 Å². The number of aryl methyl sites for hydroxylation is 3. The molecule has 6 heteroatoms. The molecule has 0 N–H and O–H groups in total. The van der Waals surface area contributed by atoms with Gasteiger partial charge in [-0.3, -0.25) is 14.7 Å². The predicted octanol–water partition coefficient (Wildman–Crippen LogP) is 7.34. The van der Waals surface area contributed by atoms with Gasteiger partial charge >= 0.3 is 0 Å². The fraction of sp³-hybridized carbons (Fsp3) is 0.471. The summed E-state index contributed by atoms with van der Waals surface area (Å²) in [6.07, 6.45) is 26.8. The number of pyridine rings is 3. The van der Waals surface area contributed by atoms with Crippen molar-refractivity contribution in [2.45, 2.75) is 115 Å². The first-order valence-corrected chi connectivity index (χ1v) is 21.7. The summed E-state index contributed by atoms with van der Waals surface area (Å²) in [5.74, 6) is 20.8. The Balaban J connectivity index is 0.965. The smallest absolute Gasteiger partial charge is 0.173 e. The molecular formula is C51H63N6+3. The van der Waals surface area contributed by atoms with Crippen LogP contribution in [-0.2, 0) is 19.6 Å². The van der Waals surface area contributed by atoms with Gasteiger partial charge in [0.1, 0.15) is 19.6 Å². The SMILES string of the molecule is CN1CCC[C@H]1c1ccc[n+](CCCC#Cc2cc(C#CCCC[n+]3cccc([C@@H]4CCCN4C)c3)cc(C#CCCC[n+]3cccc([C@@H]4CCCN4C)c3)c2)c1. The maximum absolute atomic E-state index is 3.47. The molecule has 3 fully saturated rings. The van der Waals surface area contributed by atoms with Crippen molar-refractivity contribution in [1.82, 2.24) is 14.7 Å². The summed E-state index contributed by atoms with van der Waals surface area (Å²) < 4.78 is 7.00. The molecule has 57 heavy (non-hydrogen) atoms. The Morgan fingerprint density at radius 2 is 0.807 bits per heavy atom. The van der Waals surface area contributed by atoms with Crippen LogP contribution in [0.3, 0.4) is 0 Å². The molecule has 294 valence electrons. The summed E-state index contributed by atoms with van der Waals surface area (Å²) in [5.41, 5.74) is 7.28. The van der Waals surface area contributed by atoms with E-state index in [1.807, 2.05) is 0 Å². The molecular weight excluding hydrogens is 697 g/mol. The average Bonchev–Trinajstić information content (AvgIpc) is 3.98. The number of hydrogen-bond acceptors (Lipinski definition) is 3. The van der Waals surface area contributed by atoms with Gasteiger partial charge in [0.15, 0.2) is 37.2 Å². The molecule has 0 amide bonds. The summed E-state index contributed by atoms with van der Waals surface area (Å²) in [5, 5.41) is 0. The van der Waals surface area contributed by atoms with E-state index in [0.29, 0.717) is 18.1 Å². The second kappa shape index (κ2) is 20.6. The van der Waals surface area contributed by atoms with E-state index < -0.39 is 0 Å². The first-order valence-electron chi connectivity index (χ1n) is 21.7. The highest BCUT2D eigenvalue weighted by Gasteiger charge is 2.26. The highest BCUT2D eigenvalue weighted by molar-refractivity contribution is 5.51. The highest BCUT2D eigenvalue weighted by atomic mass is 15.2. The molecule has 6 heterocycles. The van der Waals surface area contributed by atoms with Gasteiger partial charge in [0.2, 0.25) is 0 Å². The van der Waals surface area contributed by atoms with Crippen LogP contribution in [0.2, 0.25) is 0 Å². The number of unbranched alkanes of at least 4 members (excludes halogenated alkanes) is 3. The van der Waals surface area contributed by atoms with Crippen LogP contribution in [0, 0.1) is 35.5 Å². The normalized spacial score (nSPS) is 19.7. The van der Waals surface area contributed by atoms with Crippen molar-refractivity contribution in [3.8, 4) is 35.5 Å². The van der Waals surface area contributed by atoms with E-state index in [2.05, 4.69) is 177 Å². The molecule has 3 saturated heterocycles. The van der Waals surface area contributed by atoms with Gasteiger partial charge in [-0.15, -0.1) is 0 Å². The lowest BCUT2D eigenvalue weighted by molar-refractivity contribution is -0.697. The van der Waals surface area contributed by atoms with Crippen molar-refractivity contribution >= 4 is 0 Å². The zero-order chi connectivity index (χ0) is 39.2. The van der Waals surface area contributed by atoms with E-state index in [0.717, 1.165) is 74.8 Å². The molecule has 4 aromatic rings. The van der Waals surface area contributed by atoms with Gasteiger partial charge in [0.05, 0.1) is 0 Å². The minimum absolute atomic E-state index is 0.546. The molecule has 0 aliphatic carbocycles. The van der Waals surface area contributed by atoms with E-state index in [-0.39, 0.29) is 0 Å². The van der Waals surface area contributed by atoms with Crippen LogP contribution in [0.5, 0.6) is 0 Å². The van der Waals surface area contributed by atoms with E-state index in [1.54, 1.807) is 0 Å². The quantitative estimate of drug-likeness (QED) is 0.0858. The highest BCUT2D eigenvalue weighted by Crippen LogP contribution is 2.31. The molecule has 1 aromatic carbocycles. The molecule has 0 spiro atoms. The van der Waals surface area contributed by atoms with Crippen LogP contribution in [0.25, 0.3) is 0 Å². The Bertz CT molecular complexity index is 1890. The number of rotatable bonds is 12. The van der Waals surface area contributed by atoms with Crippen molar-refractivity contribution in [1.29, 1.82) is 0 Å². The van der Waals surface area contributed by atoms with E-state index in [1.165, 1.54) is 74.8 Å². The Labute approximate surface area is 343 Å². The first kappa shape index (κ1) is 40.4. The molecule has 6 nitrogen and oxygen atoms in total. The molecule has 0 bridgehead atoms. The molecule has 3 aromatic heterocycles. The summed E-state index contributed by atoms with van der Waals surface area (Å²) >= 11 is 0. The Hall–Kier alpha value is -4.77. The van der Waals surface area contributed by atoms with Gasteiger partial charge < -0.3 is 0 Å². The van der Waals surface area contributed by atoms with Crippen molar-refractivity contribution in [2.24, 2.45) is 0 Å². The molecule has 3 aliphatic heterocycles. The van der Waals surface area contributed by atoms with Crippen LogP contribution in [0.15, 0.2) is 91.8 Å². The molecule has 0 unspecified atom stereocenters. The average molecular weight is 760 g/mol. The Morgan fingerprint density at radius 3 is 1.09 bits per heavy atom. The van der Waals surface area contributed by atoms with Crippen LogP contribution < -0.4 is 13.7 Å². The first-order chi connectivity index (χ1) is 28.0. The summed E-state index contributed by atoms with van der Waals surface area (Å²) in [4.78, 5) is 7.43. The molecule has 7 rings (SSSR count). The van der Waals surface area contributed by atoms with Gasteiger partial charge in [0, 0.05) is 108 Å². The number of hydrogen-bond donors (Lipinski definition) is 0. The van der Waals surface area contributed by atoms with Gasteiger partial charge in [-0.25, -0.2) is 13.7 Å². The van der Waals surface area contributed by atoms with Gasteiger partial charge in [-0.05, 0) is 116 Å². The number of likely N-dealkylation sites (tertiary alicyclic amines) is 3. The van der Waals surface area contributed by atoms with Gasteiger partial charge in [-0.1, -0.05) is 35.5 Å². The van der Waals surface area contributed by atoms with E-state index in [9.17, 15) is 0 Å². The predicted molar refractivity (Wildman–Crippen MR) is 229 cm³/mol. The topological polar surface area (TPSA) is 21.4 Å². The molecule has 0 radical (unpaired) electrons. The summed E-state index contributed by atoms with van der Waals surface area (Å²) in [6.45, 7) is 6.49. The fourth-order valence-corrected chi connectivity index (χ4v) is 9.02. The summed E-state index contributed by atoms with van der Waals surface area (Å²) in [7, 11) is 6.73. The standard InChI is InChI=1S/C51H63N6/c1-52-28-16-25-49(52)46-22-13-34-55(40-46)31-10-4-7-19-43-37-44(20-8-5-11-32-56-35-14-23-47(41-56)50-26-17-29-53(50)2)39-45(38-43)21-9-6-12-33-57-36-15-24-48(42-57)51-27-18-30-54(51)3/h13-15,22-24,34-42,49-51H,4-6,10-12,16-18,25-33H2,1-3H3/q+3/t49-,50-,51-/m0/s1. The van der Waals surface area contributed by atoms with E-state index in [4.69, 9.17) is 0 Å². The summed E-state index contributed by atoms with van der Waals surface area (Å²) in [6, 6.07) is 21.5. The third-order valence-electron chi connectivity index (χ3n) is 12.1. The lowest BCUT2D eigenvalue weighted by atomic mass is 10.1. The Morgan fingerprint density at radius 1 is 0.491 bits per heavy atom. The number of benzene rings is 1. The second-order valence-electron chi connectivity index (χ2n) is 16.6. The number of nitrogens with zero attached hydrogens (tertiary/aromatic N) is 6. The minimum atomic E-state index is 0.546. The lowest BCUT2D eigenvalue weighted by Crippen LogP contribution is -2.34. The lowest BCUT2D eigenvalue weighted by Gasteiger charge is -2.18. The third-order valence-corrected chi connectivity index (χ3v) is 12.1. The third kappa shape index (κ3) is 11.7. The zero-order valence-corrected chi connectivity index (χ0v) is 34.8. The van der Waals surface area contributed by atoms with Crippen LogP contribution in [0.1, 0.15) is 129 Å². The van der Waals surface area contributed by atoms with Gasteiger partial charge in [-0.2, -0.15) is 0 Å². The van der Waals surface area contributed by atoms with Crippen LogP contribution >= 0.6 is 0 Å². The van der Waals surface area contributed by atoms with E-state index >= 15 is 0 Å².